The normalized spacial score (nSPS) is 14.7. The Bertz CT molecular complexity index is 990. The predicted molar refractivity (Wildman–Crippen MR) is 123 cm³/mol. The van der Waals surface area contributed by atoms with Crippen LogP contribution < -0.4 is 5.32 Å². The molecule has 0 aliphatic carbocycles. The first kappa shape index (κ1) is 21.5. The molecule has 1 amide bonds. The summed E-state index contributed by atoms with van der Waals surface area (Å²) in [6.45, 7) is 8.16. The van der Waals surface area contributed by atoms with Crippen molar-refractivity contribution in [3.63, 3.8) is 0 Å². The third kappa shape index (κ3) is 5.93. The number of hydrogen-bond acceptors (Lipinski definition) is 4. The molecule has 164 valence electrons. The van der Waals surface area contributed by atoms with Gasteiger partial charge in [-0.25, -0.2) is 4.98 Å². The highest BCUT2D eigenvalue weighted by Crippen LogP contribution is 2.17. The standard InChI is InChI=1S/C25H32N4O2/c1-20-6-8-21(9-7-20)10-11-25(30)26-13-12-24-27-22-4-2-3-5-23(22)29(24)15-14-28-16-18-31-19-17-28/h2-9H,10-19H2,1H3,(H,26,30). The van der Waals surface area contributed by atoms with Crippen LogP contribution in [0.25, 0.3) is 11.0 Å². The highest BCUT2D eigenvalue weighted by Gasteiger charge is 2.14. The van der Waals surface area contributed by atoms with E-state index < -0.39 is 0 Å². The average Bonchev–Trinajstić information content (AvgIpc) is 3.15. The zero-order chi connectivity index (χ0) is 21.5. The smallest absolute Gasteiger partial charge is 0.220 e. The molecule has 0 bridgehead atoms. The number of ether oxygens (including phenoxy) is 1. The van der Waals surface area contributed by atoms with E-state index in [1.54, 1.807) is 0 Å². The van der Waals surface area contributed by atoms with Crippen molar-refractivity contribution in [2.75, 3.05) is 39.4 Å². The van der Waals surface area contributed by atoms with Crippen LogP contribution in [0, 0.1) is 6.92 Å². The fourth-order valence-electron chi connectivity index (χ4n) is 4.05. The minimum absolute atomic E-state index is 0.0940. The van der Waals surface area contributed by atoms with Gasteiger partial charge in [0.25, 0.3) is 0 Å². The van der Waals surface area contributed by atoms with Crippen molar-refractivity contribution in [3.05, 3.63) is 65.5 Å². The van der Waals surface area contributed by atoms with E-state index in [4.69, 9.17) is 9.72 Å². The largest absolute Gasteiger partial charge is 0.379 e. The lowest BCUT2D eigenvalue weighted by atomic mass is 10.1. The zero-order valence-electron chi connectivity index (χ0n) is 18.3. The number of hydrogen-bond donors (Lipinski definition) is 1. The zero-order valence-corrected chi connectivity index (χ0v) is 18.3. The molecule has 1 saturated heterocycles. The Labute approximate surface area is 184 Å². The van der Waals surface area contributed by atoms with Crippen molar-refractivity contribution >= 4 is 16.9 Å². The van der Waals surface area contributed by atoms with Gasteiger partial charge in [0.05, 0.1) is 24.2 Å². The first-order chi connectivity index (χ1) is 15.2. The van der Waals surface area contributed by atoms with E-state index >= 15 is 0 Å². The highest BCUT2D eigenvalue weighted by molar-refractivity contribution is 5.77. The topological polar surface area (TPSA) is 59.4 Å². The Hall–Kier alpha value is -2.70. The molecule has 0 radical (unpaired) electrons. The molecular weight excluding hydrogens is 388 g/mol. The Morgan fingerprint density at radius 2 is 1.81 bits per heavy atom. The van der Waals surface area contributed by atoms with E-state index in [1.165, 1.54) is 11.1 Å². The van der Waals surface area contributed by atoms with E-state index in [-0.39, 0.29) is 5.91 Å². The molecule has 6 nitrogen and oxygen atoms in total. The van der Waals surface area contributed by atoms with Crippen LogP contribution in [0.5, 0.6) is 0 Å². The summed E-state index contributed by atoms with van der Waals surface area (Å²) in [5.74, 6) is 1.13. The minimum atomic E-state index is 0.0940. The Balaban J connectivity index is 1.31. The van der Waals surface area contributed by atoms with Crippen LogP contribution >= 0.6 is 0 Å². The summed E-state index contributed by atoms with van der Waals surface area (Å²) in [6, 6.07) is 16.7. The first-order valence-corrected chi connectivity index (χ1v) is 11.3. The summed E-state index contributed by atoms with van der Waals surface area (Å²) in [5, 5.41) is 3.07. The van der Waals surface area contributed by atoms with Gasteiger partial charge >= 0.3 is 0 Å². The monoisotopic (exact) mass is 420 g/mol. The maximum Gasteiger partial charge on any atom is 0.220 e. The number of morpholine rings is 1. The van der Waals surface area contributed by atoms with Gasteiger partial charge < -0.3 is 14.6 Å². The summed E-state index contributed by atoms with van der Waals surface area (Å²) in [6.07, 6.45) is 2.01. The van der Waals surface area contributed by atoms with Crippen LogP contribution in [-0.4, -0.2) is 59.8 Å². The van der Waals surface area contributed by atoms with Crippen molar-refractivity contribution in [2.45, 2.75) is 32.7 Å². The van der Waals surface area contributed by atoms with E-state index in [9.17, 15) is 4.79 Å². The van der Waals surface area contributed by atoms with Gasteiger partial charge in [0.15, 0.2) is 0 Å². The summed E-state index contributed by atoms with van der Waals surface area (Å²) >= 11 is 0. The number of carbonyl (C=O) groups is 1. The second-order valence-corrected chi connectivity index (χ2v) is 8.21. The van der Waals surface area contributed by atoms with E-state index in [2.05, 4.69) is 64.2 Å². The van der Waals surface area contributed by atoms with Crippen LogP contribution in [0.1, 0.15) is 23.4 Å². The maximum absolute atomic E-state index is 12.3. The molecule has 0 unspecified atom stereocenters. The lowest BCUT2D eigenvalue weighted by molar-refractivity contribution is -0.121. The number of carbonyl (C=O) groups excluding carboxylic acids is 1. The van der Waals surface area contributed by atoms with Crippen molar-refractivity contribution in [1.82, 2.24) is 19.8 Å². The second-order valence-electron chi connectivity index (χ2n) is 8.21. The number of nitrogens with zero attached hydrogens (tertiary/aromatic N) is 3. The molecule has 0 spiro atoms. The van der Waals surface area contributed by atoms with Gasteiger partial charge in [-0.05, 0) is 31.0 Å². The molecule has 0 atom stereocenters. The summed E-state index contributed by atoms with van der Waals surface area (Å²) in [4.78, 5) is 19.6. The lowest BCUT2D eigenvalue weighted by Gasteiger charge is -2.27. The SMILES string of the molecule is Cc1ccc(CCC(=O)NCCc2nc3ccccc3n2CCN2CCOCC2)cc1. The summed E-state index contributed by atoms with van der Waals surface area (Å²) < 4.78 is 7.77. The van der Waals surface area contributed by atoms with Gasteiger partial charge in [0.2, 0.25) is 5.91 Å². The van der Waals surface area contributed by atoms with Crippen LogP contribution in [0.15, 0.2) is 48.5 Å². The van der Waals surface area contributed by atoms with Crippen molar-refractivity contribution in [1.29, 1.82) is 0 Å². The molecular formula is C25H32N4O2. The Morgan fingerprint density at radius 1 is 1.03 bits per heavy atom. The number of aryl methyl sites for hydroxylation is 2. The van der Waals surface area contributed by atoms with E-state index in [0.717, 1.165) is 69.1 Å². The number of imidazole rings is 1. The van der Waals surface area contributed by atoms with Crippen molar-refractivity contribution in [3.8, 4) is 0 Å². The van der Waals surface area contributed by atoms with Gasteiger partial charge in [-0.3, -0.25) is 9.69 Å². The molecule has 1 fully saturated rings. The molecule has 2 aromatic carbocycles. The van der Waals surface area contributed by atoms with Gasteiger partial charge in [-0.1, -0.05) is 42.0 Å². The molecule has 4 rings (SSSR count). The second kappa shape index (κ2) is 10.6. The van der Waals surface area contributed by atoms with Crippen molar-refractivity contribution < 1.29 is 9.53 Å². The quantitative estimate of drug-likeness (QED) is 0.578. The molecule has 31 heavy (non-hydrogen) atoms. The molecule has 0 saturated carbocycles. The number of benzene rings is 2. The number of aromatic nitrogens is 2. The summed E-state index contributed by atoms with van der Waals surface area (Å²) in [5.41, 5.74) is 4.62. The van der Waals surface area contributed by atoms with Gasteiger partial charge in [0, 0.05) is 45.6 Å². The highest BCUT2D eigenvalue weighted by atomic mass is 16.5. The fraction of sp³-hybridized carbons (Fsp3) is 0.440. The molecule has 2 heterocycles. The number of fused-ring (bicyclic) bond motifs is 1. The molecule has 1 aromatic heterocycles. The van der Waals surface area contributed by atoms with E-state index in [0.29, 0.717) is 13.0 Å². The van der Waals surface area contributed by atoms with E-state index in [1.807, 2.05) is 6.07 Å². The third-order valence-corrected chi connectivity index (χ3v) is 5.91. The Kier molecular flexibility index (Phi) is 7.33. The number of nitrogens with one attached hydrogen (secondary N) is 1. The van der Waals surface area contributed by atoms with Crippen LogP contribution in [-0.2, 0) is 28.9 Å². The molecule has 3 aromatic rings. The van der Waals surface area contributed by atoms with Crippen LogP contribution in [0.3, 0.4) is 0 Å². The van der Waals surface area contributed by atoms with Crippen LogP contribution in [0.4, 0.5) is 0 Å². The first-order valence-electron chi connectivity index (χ1n) is 11.3. The molecule has 1 aliphatic heterocycles. The van der Waals surface area contributed by atoms with Crippen molar-refractivity contribution in [2.24, 2.45) is 0 Å². The maximum atomic E-state index is 12.3. The van der Waals surface area contributed by atoms with Gasteiger partial charge in [-0.15, -0.1) is 0 Å². The lowest BCUT2D eigenvalue weighted by Crippen LogP contribution is -2.38. The van der Waals surface area contributed by atoms with Gasteiger partial charge in [0.1, 0.15) is 5.82 Å². The molecule has 1 aliphatic rings. The third-order valence-electron chi connectivity index (χ3n) is 5.91. The predicted octanol–water partition coefficient (Wildman–Crippen LogP) is 2.97. The Morgan fingerprint density at radius 3 is 2.61 bits per heavy atom. The number of rotatable bonds is 9. The minimum Gasteiger partial charge on any atom is -0.379 e. The average molecular weight is 421 g/mol. The van der Waals surface area contributed by atoms with Crippen LogP contribution in [0.2, 0.25) is 0 Å². The summed E-state index contributed by atoms with van der Waals surface area (Å²) in [7, 11) is 0. The fourth-order valence-corrected chi connectivity index (χ4v) is 4.05. The van der Waals surface area contributed by atoms with Gasteiger partial charge in [-0.2, -0.15) is 0 Å². The number of para-hydroxylation sites is 2. The molecule has 6 heteroatoms. The molecule has 1 N–H and O–H groups in total. The number of amides is 1.